The van der Waals surface area contributed by atoms with Gasteiger partial charge in [0.1, 0.15) is 11.3 Å². The molecular weight excluding hydrogens is 369 g/mol. The van der Waals surface area contributed by atoms with Crippen LogP contribution in [0.2, 0.25) is 10.0 Å². The van der Waals surface area contributed by atoms with Crippen LogP contribution in [-0.4, -0.2) is 21.5 Å². The number of aromatic hydroxyl groups is 1. The molecule has 0 saturated carbocycles. The summed E-state index contributed by atoms with van der Waals surface area (Å²) in [6, 6.07) is 7.51. The molecule has 0 radical (unpaired) electrons. The molecule has 9 heteroatoms. The van der Waals surface area contributed by atoms with Gasteiger partial charge in [0, 0.05) is 19.1 Å². The van der Waals surface area contributed by atoms with Crippen molar-refractivity contribution in [2.75, 3.05) is 6.61 Å². The molecule has 0 saturated heterocycles. The summed E-state index contributed by atoms with van der Waals surface area (Å²) in [7, 11) is 0. The van der Waals surface area contributed by atoms with Crippen LogP contribution in [0.15, 0.2) is 42.7 Å². The highest BCUT2D eigenvalue weighted by atomic mass is 35.5. The number of nitrogens with zero attached hydrogens (tertiary/aromatic N) is 3. The molecule has 3 rings (SSSR count). The first-order valence-electron chi connectivity index (χ1n) is 7.26. The number of rotatable bonds is 4. The zero-order valence-corrected chi connectivity index (χ0v) is 14.3. The van der Waals surface area contributed by atoms with Crippen LogP contribution in [0.25, 0.3) is 16.9 Å². The first-order valence-corrected chi connectivity index (χ1v) is 8.01. The summed E-state index contributed by atoms with van der Waals surface area (Å²) in [4.78, 5) is 0.454. The highest BCUT2D eigenvalue weighted by molar-refractivity contribution is 6.42. The van der Waals surface area contributed by atoms with Gasteiger partial charge in [-0.3, -0.25) is 0 Å². The van der Waals surface area contributed by atoms with E-state index >= 15 is 0 Å². The van der Waals surface area contributed by atoms with E-state index in [9.17, 15) is 20.6 Å². The van der Waals surface area contributed by atoms with Crippen LogP contribution in [-0.2, 0) is 6.42 Å². The molecule has 0 aliphatic carbocycles. The number of aliphatic hydroxyl groups excluding tert-OH is 1. The average molecular weight is 382 g/mol. The Hall–Kier alpha value is -2.48. The van der Waals surface area contributed by atoms with Gasteiger partial charge in [-0.05, 0) is 24.3 Å². The summed E-state index contributed by atoms with van der Waals surface area (Å²) >= 11 is 11.9. The van der Waals surface area contributed by atoms with E-state index in [0.29, 0.717) is 25.8 Å². The molecule has 2 N–H and O–H groups in total. The zero-order chi connectivity index (χ0) is 18.1. The third kappa shape index (κ3) is 3.09. The van der Waals surface area contributed by atoms with Gasteiger partial charge in [-0.2, -0.15) is 4.73 Å². The predicted molar refractivity (Wildman–Crippen MR) is 91.6 cm³/mol. The van der Waals surface area contributed by atoms with Crippen molar-refractivity contribution in [1.82, 2.24) is 4.68 Å². The van der Waals surface area contributed by atoms with Gasteiger partial charge in [0.2, 0.25) is 0 Å². The summed E-state index contributed by atoms with van der Waals surface area (Å²) in [5, 5.41) is 44.7. The molecule has 130 valence electrons. The van der Waals surface area contributed by atoms with Crippen molar-refractivity contribution in [3.05, 3.63) is 68.7 Å². The fourth-order valence-corrected chi connectivity index (χ4v) is 2.89. The van der Waals surface area contributed by atoms with Crippen molar-refractivity contribution < 1.29 is 19.8 Å². The lowest BCUT2D eigenvalue weighted by Crippen LogP contribution is -2.38. The predicted octanol–water partition coefficient (Wildman–Crippen LogP) is 1.96. The van der Waals surface area contributed by atoms with Crippen LogP contribution in [0.5, 0.6) is 5.88 Å². The Labute approximate surface area is 152 Å². The van der Waals surface area contributed by atoms with E-state index in [-0.39, 0.29) is 35.2 Å². The zero-order valence-electron chi connectivity index (χ0n) is 12.8. The summed E-state index contributed by atoms with van der Waals surface area (Å²) in [5.41, 5.74) is 0.890. The average Bonchev–Trinajstić information content (AvgIpc) is 2.81. The molecule has 0 fully saturated rings. The molecule has 0 spiro atoms. The Morgan fingerprint density at radius 3 is 2.52 bits per heavy atom. The lowest BCUT2D eigenvalue weighted by Gasteiger charge is -2.06. The Bertz CT molecular complexity index is 943. The van der Waals surface area contributed by atoms with E-state index < -0.39 is 0 Å². The first kappa shape index (κ1) is 17.3. The Kier molecular flexibility index (Phi) is 4.71. The lowest BCUT2D eigenvalue weighted by molar-refractivity contribution is -0.674. The van der Waals surface area contributed by atoms with Crippen molar-refractivity contribution in [3.63, 3.8) is 0 Å². The van der Waals surface area contributed by atoms with Gasteiger partial charge in [-0.1, -0.05) is 32.7 Å². The minimum atomic E-state index is -0.348. The SMILES string of the molecule is [O-][n+]1cccc(-c2c(CCO)c(O)n(-c3ccc(Cl)c(Cl)c3)[n+]2[O-])c1. The quantitative estimate of drug-likeness (QED) is 0.532. The van der Waals surface area contributed by atoms with Crippen molar-refractivity contribution in [2.24, 2.45) is 0 Å². The normalized spacial score (nSPS) is 11.0. The fraction of sp³-hybridized carbons (Fsp3) is 0.125. The minimum Gasteiger partial charge on any atom is -0.619 e. The number of aromatic nitrogens is 3. The number of halogens is 2. The van der Waals surface area contributed by atoms with E-state index in [4.69, 9.17) is 23.2 Å². The van der Waals surface area contributed by atoms with Gasteiger partial charge >= 0.3 is 0 Å². The van der Waals surface area contributed by atoms with Crippen LogP contribution in [0.1, 0.15) is 5.56 Å². The molecule has 3 aromatic rings. The summed E-state index contributed by atoms with van der Waals surface area (Å²) in [5.74, 6) is -0.348. The molecule has 0 bridgehead atoms. The lowest BCUT2D eigenvalue weighted by atomic mass is 10.1. The fourth-order valence-electron chi connectivity index (χ4n) is 2.60. The number of pyridine rings is 1. The number of aliphatic hydroxyl groups is 1. The molecule has 25 heavy (non-hydrogen) atoms. The number of hydrogen-bond donors (Lipinski definition) is 2. The minimum absolute atomic E-state index is 0.0332. The molecule has 0 atom stereocenters. The molecule has 7 nitrogen and oxygen atoms in total. The third-order valence-corrected chi connectivity index (χ3v) is 4.43. The highest BCUT2D eigenvalue weighted by Crippen LogP contribution is 2.32. The van der Waals surface area contributed by atoms with Crippen molar-refractivity contribution >= 4 is 23.2 Å². The van der Waals surface area contributed by atoms with Crippen molar-refractivity contribution in [3.8, 4) is 22.8 Å². The van der Waals surface area contributed by atoms with E-state index in [1.165, 1.54) is 36.7 Å². The van der Waals surface area contributed by atoms with Crippen LogP contribution >= 0.6 is 23.2 Å². The van der Waals surface area contributed by atoms with Crippen LogP contribution < -0.4 is 9.58 Å². The van der Waals surface area contributed by atoms with Crippen molar-refractivity contribution in [2.45, 2.75) is 6.42 Å². The molecule has 2 heterocycles. The number of benzene rings is 1. The highest BCUT2D eigenvalue weighted by Gasteiger charge is 2.30. The van der Waals surface area contributed by atoms with Gasteiger partial charge < -0.3 is 20.6 Å². The monoisotopic (exact) mass is 381 g/mol. The van der Waals surface area contributed by atoms with Crippen LogP contribution in [0, 0.1) is 10.4 Å². The molecule has 0 unspecified atom stereocenters. The molecule has 2 aromatic heterocycles. The van der Waals surface area contributed by atoms with Gasteiger partial charge in [-0.25, -0.2) is 0 Å². The van der Waals surface area contributed by atoms with E-state index in [1.807, 2.05) is 0 Å². The number of hydrogen-bond acceptors (Lipinski definition) is 4. The largest absolute Gasteiger partial charge is 0.619 e. The molecule has 0 aliphatic heterocycles. The van der Waals surface area contributed by atoms with E-state index in [2.05, 4.69) is 0 Å². The second-order valence-corrected chi connectivity index (χ2v) is 6.07. The smallest absolute Gasteiger partial charge is 0.265 e. The maximum atomic E-state index is 12.8. The second kappa shape index (κ2) is 6.79. The Morgan fingerprint density at radius 1 is 1.12 bits per heavy atom. The first-order chi connectivity index (χ1) is 11.9. The van der Waals surface area contributed by atoms with Gasteiger partial charge in [0.05, 0.1) is 15.6 Å². The molecule has 0 aliphatic rings. The van der Waals surface area contributed by atoms with Crippen LogP contribution in [0.4, 0.5) is 0 Å². The van der Waals surface area contributed by atoms with Gasteiger partial charge in [-0.15, -0.1) is 0 Å². The van der Waals surface area contributed by atoms with Gasteiger partial charge in [0.25, 0.3) is 11.6 Å². The standard InChI is InChI=1S/C16H13Cl2N3O4/c17-13-4-3-11(8-14(13)18)20-16(23)12(5-7-22)15(21(20)25)10-2-1-6-19(24)9-10/h1-4,6,8-9,22-23H,5,7H2. The van der Waals surface area contributed by atoms with E-state index in [0.717, 1.165) is 4.68 Å². The molecular formula is C16H13Cl2N3O4. The molecule has 1 aromatic carbocycles. The summed E-state index contributed by atoms with van der Waals surface area (Å²) in [6.45, 7) is -0.282. The maximum absolute atomic E-state index is 12.8. The Balaban J connectivity index is 2.27. The van der Waals surface area contributed by atoms with Crippen molar-refractivity contribution in [1.29, 1.82) is 0 Å². The maximum Gasteiger partial charge on any atom is 0.265 e. The van der Waals surface area contributed by atoms with Crippen LogP contribution in [0.3, 0.4) is 0 Å². The molecule has 0 amide bonds. The summed E-state index contributed by atoms with van der Waals surface area (Å²) in [6.07, 6.45) is 2.52. The Morgan fingerprint density at radius 2 is 1.88 bits per heavy atom. The summed E-state index contributed by atoms with van der Waals surface area (Å²) < 4.78 is 1.54. The van der Waals surface area contributed by atoms with Gasteiger partial charge in [0.15, 0.2) is 12.4 Å². The topological polar surface area (TPSA) is 99.3 Å². The van der Waals surface area contributed by atoms with E-state index in [1.54, 1.807) is 6.07 Å². The second-order valence-electron chi connectivity index (χ2n) is 5.26. The third-order valence-electron chi connectivity index (χ3n) is 3.69.